The minimum atomic E-state index is -0.0855. The smallest absolute Gasteiger partial charge is 0.273 e. The lowest BCUT2D eigenvalue weighted by Crippen LogP contribution is -2.14. The number of carbonyl (C=O) groups is 1. The third-order valence-electron chi connectivity index (χ3n) is 4.16. The lowest BCUT2D eigenvalue weighted by molar-refractivity contribution is -0.116. The molecule has 0 saturated heterocycles. The van der Waals surface area contributed by atoms with Gasteiger partial charge in [-0.1, -0.05) is 0 Å². The van der Waals surface area contributed by atoms with E-state index in [9.17, 15) is 4.79 Å². The molecule has 1 saturated carbocycles. The van der Waals surface area contributed by atoms with Gasteiger partial charge in [0, 0.05) is 23.9 Å². The number of hydrogen-bond acceptors (Lipinski definition) is 3. The van der Waals surface area contributed by atoms with Crippen LogP contribution in [0.15, 0.2) is 10.7 Å². The van der Waals surface area contributed by atoms with Crippen molar-refractivity contribution in [2.45, 2.75) is 33.2 Å². The lowest BCUT2D eigenvalue weighted by atomic mass is 10.0. The van der Waals surface area contributed by atoms with Crippen molar-refractivity contribution in [1.82, 2.24) is 15.3 Å². The van der Waals surface area contributed by atoms with E-state index in [-0.39, 0.29) is 5.91 Å². The zero-order chi connectivity index (χ0) is 15.1. The molecule has 112 valence electrons. The molecular weight excluding hydrogens is 264 g/mol. The summed E-state index contributed by atoms with van der Waals surface area (Å²) in [6.07, 6.45) is 4.24. The third-order valence-corrected chi connectivity index (χ3v) is 4.16. The topological polar surface area (TPSA) is 60.5 Å². The number of nitrogens with zero attached hydrogens (tertiary/aromatic N) is 2. The van der Waals surface area contributed by atoms with Crippen molar-refractivity contribution in [3.63, 3.8) is 0 Å². The second-order valence-corrected chi connectivity index (χ2v) is 6.28. The van der Waals surface area contributed by atoms with Crippen molar-refractivity contribution in [3.8, 4) is 0 Å². The van der Waals surface area contributed by atoms with E-state index >= 15 is 0 Å². The molecule has 1 amide bonds. The van der Waals surface area contributed by atoms with E-state index in [4.69, 9.17) is 0 Å². The molecule has 2 aliphatic rings. The minimum absolute atomic E-state index is 0.0855. The van der Waals surface area contributed by atoms with E-state index in [1.165, 1.54) is 11.1 Å². The SMILES string of the molecule is Cc1[nH]c(C=C2C(=O)NN=C2C2CC2)c(C)c1CN(C)C. The Morgan fingerprint density at radius 1 is 1.33 bits per heavy atom. The molecule has 0 spiro atoms. The van der Waals surface area contributed by atoms with E-state index in [1.54, 1.807) is 0 Å². The molecule has 0 bridgehead atoms. The number of aromatic nitrogens is 1. The summed E-state index contributed by atoms with van der Waals surface area (Å²) in [6.45, 7) is 5.08. The number of rotatable bonds is 4. The predicted molar refractivity (Wildman–Crippen MR) is 83.9 cm³/mol. The van der Waals surface area contributed by atoms with Gasteiger partial charge in [0.2, 0.25) is 0 Å². The van der Waals surface area contributed by atoms with Gasteiger partial charge in [0.1, 0.15) is 0 Å². The Balaban J connectivity index is 1.95. The summed E-state index contributed by atoms with van der Waals surface area (Å²) in [7, 11) is 4.12. The predicted octanol–water partition coefficient (Wildman–Crippen LogP) is 1.97. The van der Waals surface area contributed by atoms with E-state index in [0.29, 0.717) is 5.92 Å². The van der Waals surface area contributed by atoms with Crippen molar-refractivity contribution in [2.24, 2.45) is 11.0 Å². The molecule has 0 atom stereocenters. The second kappa shape index (κ2) is 5.15. The molecule has 0 aromatic carbocycles. The molecule has 1 aromatic rings. The highest BCUT2D eigenvalue weighted by Gasteiger charge is 2.36. The number of aryl methyl sites for hydroxylation is 1. The van der Waals surface area contributed by atoms with Crippen LogP contribution in [0, 0.1) is 19.8 Å². The number of aromatic amines is 1. The van der Waals surface area contributed by atoms with Crippen molar-refractivity contribution < 1.29 is 4.79 Å². The van der Waals surface area contributed by atoms with Gasteiger partial charge in [-0.05, 0) is 58.0 Å². The summed E-state index contributed by atoms with van der Waals surface area (Å²) in [5.74, 6) is 0.380. The maximum absolute atomic E-state index is 12.0. The molecule has 5 nitrogen and oxygen atoms in total. The Morgan fingerprint density at radius 2 is 2.05 bits per heavy atom. The highest BCUT2D eigenvalue weighted by Crippen LogP contribution is 2.35. The van der Waals surface area contributed by atoms with Crippen LogP contribution in [0.25, 0.3) is 6.08 Å². The zero-order valence-corrected chi connectivity index (χ0v) is 13.1. The van der Waals surface area contributed by atoms with Crippen molar-refractivity contribution >= 4 is 17.7 Å². The van der Waals surface area contributed by atoms with Crippen LogP contribution in [0.5, 0.6) is 0 Å². The largest absolute Gasteiger partial charge is 0.359 e. The molecule has 21 heavy (non-hydrogen) atoms. The Hall–Kier alpha value is -1.88. The molecule has 1 aromatic heterocycles. The molecule has 5 heteroatoms. The van der Waals surface area contributed by atoms with Gasteiger partial charge < -0.3 is 9.88 Å². The van der Waals surface area contributed by atoms with Crippen molar-refractivity contribution in [1.29, 1.82) is 0 Å². The highest BCUT2D eigenvalue weighted by atomic mass is 16.2. The number of amides is 1. The van der Waals surface area contributed by atoms with E-state index in [0.717, 1.165) is 42.1 Å². The fraction of sp³-hybridized carbons (Fsp3) is 0.500. The Kier molecular flexibility index (Phi) is 3.45. The zero-order valence-electron chi connectivity index (χ0n) is 13.1. The van der Waals surface area contributed by atoms with Crippen LogP contribution in [0.2, 0.25) is 0 Å². The van der Waals surface area contributed by atoms with Crippen LogP contribution >= 0.6 is 0 Å². The first-order chi connectivity index (χ1) is 9.97. The molecule has 3 rings (SSSR count). The maximum atomic E-state index is 12.0. The van der Waals surface area contributed by atoms with Crippen molar-refractivity contribution in [3.05, 3.63) is 28.1 Å². The molecule has 0 radical (unpaired) electrons. The van der Waals surface area contributed by atoms with Crippen LogP contribution in [0.4, 0.5) is 0 Å². The van der Waals surface area contributed by atoms with Gasteiger partial charge in [-0.15, -0.1) is 0 Å². The summed E-state index contributed by atoms with van der Waals surface area (Å²) in [4.78, 5) is 17.5. The van der Waals surface area contributed by atoms with Gasteiger partial charge in [-0.2, -0.15) is 5.10 Å². The van der Waals surface area contributed by atoms with Gasteiger partial charge in [0.15, 0.2) is 0 Å². The molecule has 0 unspecified atom stereocenters. The second-order valence-electron chi connectivity index (χ2n) is 6.28. The number of carbonyl (C=O) groups excluding carboxylic acids is 1. The monoisotopic (exact) mass is 286 g/mol. The number of nitrogens with one attached hydrogen (secondary N) is 2. The fourth-order valence-corrected chi connectivity index (χ4v) is 2.81. The van der Waals surface area contributed by atoms with Gasteiger partial charge in [-0.3, -0.25) is 4.79 Å². The quantitative estimate of drug-likeness (QED) is 0.831. The van der Waals surface area contributed by atoms with Crippen LogP contribution in [0.1, 0.15) is 35.4 Å². The van der Waals surface area contributed by atoms with Crippen LogP contribution in [-0.2, 0) is 11.3 Å². The summed E-state index contributed by atoms with van der Waals surface area (Å²) >= 11 is 0. The summed E-state index contributed by atoms with van der Waals surface area (Å²) in [5, 5.41) is 4.19. The maximum Gasteiger partial charge on any atom is 0.273 e. The standard InChI is InChI=1S/C16H22N4O/c1-9-13(8-20(3)4)10(2)17-14(9)7-12-15(11-5-6-11)18-19-16(12)21/h7,11,17H,5-6,8H2,1-4H3,(H,19,21). The molecule has 1 aliphatic heterocycles. The Labute approximate surface area is 125 Å². The van der Waals surface area contributed by atoms with Gasteiger partial charge >= 0.3 is 0 Å². The highest BCUT2D eigenvalue weighted by molar-refractivity contribution is 6.28. The lowest BCUT2D eigenvalue weighted by Gasteiger charge is -2.10. The van der Waals surface area contributed by atoms with Gasteiger partial charge in [0.05, 0.1) is 11.3 Å². The first-order valence-corrected chi connectivity index (χ1v) is 7.40. The molecule has 1 aliphatic carbocycles. The number of hydrogen-bond donors (Lipinski definition) is 2. The van der Waals surface area contributed by atoms with Crippen LogP contribution in [0.3, 0.4) is 0 Å². The molecule has 2 heterocycles. The number of H-pyrrole nitrogens is 1. The van der Waals surface area contributed by atoms with Crippen LogP contribution < -0.4 is 5.43 Å². The number of hydrazone groups is 1. The average Bonchev–Trinajstić information content (AvgIpc) is 3.15. The Bertz CT molecular complexity index is 647. The summed E-state index contributed by atoms with van der Waals surface area (Å²) in [6, 6.07) is 0. The molecule has 2 N–H and O–H groups in total. The molecule has 1 fully saturated rings. The summed E-state index contributed by atoms with van der Waals surface area (Å²) < 4.78 is 0. The third kappa shape index (κ3) is 2.65. The van der Waals surface area contributed by atoms with Crippen molar-refractivity contribution in [2.75, 3.05) is 14.1 Å². The fourth-order valence-electron chi connectivity index (χ4n) is 2.81. The van der Waals surface area contributed by atoms with E-state index in [1.807, 2.05) is 6.08 Å². The Morgan fingerprint density at radius 3 is 2.67 bits per heavy atom. The summed E-state index contributed by atoms with van der Waals surface area (Å²) in [5.41, 5.74) is 8.94. The average molecular weight is 286 g/mol. The first-order valence-electron chi connectivity index (χ1n) is 7.40. The first kappa shape index (κ1) is 14.1. The normalized spacial score (nSPS) is 20.3. The molecular formula is C16H22N4O. The van der Waals surface area contributed by atoms with Gasteiger partial charge in [0.25, 0.3) is 5.91 Å². The van der Waals surface area contributed by atoms with E-state index < -0.39 is 0 Å². The van der Waals surface area contributed by atoms with Gasteiger partial charge in [-0.25, -0.2) is 5.43 Å². The van der Waals surface area contributed by atoms with Crippen LogP contribution in [-0.4, -0.2) is 35.6 Å². The van der Waals surface area contributed by atoms with E-state index in [2.05, 4.69) is 48.4 Å². The minimum Gasteiger partial charge on any atom is -0.359 e.